The van der Waals surface area contributed by atoms with Crippen LogP contribution >= 0.6 is 0 Å². The van der Waals surface area contributed by atoms with Crippen molar-refractivity contribution in [3.05, 3.63) is 22.5 Å². The van der Waals surface area contributed by atoms with Gasteiger partial charge in [-0.2, -0.15) is 0 Å². The molecule has 0 bridgehead atoms. The van der Waals surface area contributed by atoms with Crippen molar-refractivity contribution in [1.82, 2.24) is 10.3 Å². The van der Waals surface area contributed by atoms with Gasteiger partial charge in [-0.05, 0) is 46.6 Å². The van der Waals surface area contributed by atoms with Gasteiger partial charge in [0.1, 0.15) is 5.69 Å². The number of hydrogen-bond acceptors (Lipinski definition) is 3. The van der Waals surface area contributed by atoms with E-state index in [2.05, 4.69) is 17.2 Å². The number of nitrogens with one attached hydrogen (secondary N) is 2. The SMILES string of the molecule is CCCCCC(C)NC(=O)c1[nH]c(C)c(C(=O)OC(C)C)c1C. The van der Waals surface area contributed by atoms with Crippen LogP contribution in [0.3, 0.4) is 0 Å². The Morgan fingerprint density at radius 3 is 2.39 bits per heavy atom. The predicted molar refractivity (Wildman–Crippen MR) is 91.9 cm³/mol. The Morgan fingerprint density at radius 2 is 1.83 bits per heavy atom. The molecule has 23 heavy (non-hydrogen) atoms. The van der Waals surface area contributed by atoms with Gasteiger partial charge in [-0.1, -0.05) is 26.2 Å². The number of carbonyl (C=O) groups is 2. The number of aryl methyl sites for hydroxylation is 1. The summed E-state index contributed by atoms with van der Waals surface area (Å²) in [4.78, 5) is 27.6. The van der Waals surface area contributed by atoms with Gasteiger partial charge < -0.3 is 15.0 Å². The molecule has 1 heterocycles. The number of aromatic nitrogens is 1. The molecule has 1 aromatic rings. The highest BCUT2D eigenvalue weighted by Gasteiger charge is 2.24. The van der Waals surface area contributed by atoms with Crippen molar-refractivity contribution in [3.8, 4) is 0 Å². The second kappa shape index (κ2) is 8.75. The maximum Gasteiger partial charge on any atom is 0.340 e. The first kappa shape index (κ1) is 19.3. The lowest BCUT2D eigenvalue weighted by molar-refractivity contribution is 0.0376. The summed E-state index contributed by atoms with van der Waals surface area (Å²) in [5, 5.41) is 2.99. The molecule has 1 rings (SSSR count). The zero-order valence-electron chi connectivity index (χ0n) is 15.2. The molecule has 0 aliphatic heterocycles. The minimum atomic E-state index is -0.388. The second-order valence-corrected chi connectivity index (χ2v) is 6.45. The highest BCUT2D eigenvalue weighted by atomic mass is 16.5. The van der Waals surface area contributed by atoms with E-state index in [-0.39, 0.29) is 24.0 Å². The lowest BCUT2D eigenvalue weighted by Crippen LogP contribution is -2.33. The number of unbranched alkanes of at least 4 members (excludes halogenated alkanes) is 2. The smallest absolute Gasteiger partial charge is 0.340 e. The number of ether oxygens (including phenoxy) is 1. The van der Waals surface area contributed by atoms with Crippen molar-refractivity contribution >= 4 is 11.9 Å². The van der Waals surface area contributed by atoms with Crippen LogP contribution in [0.1, 0.15) is 85.5 Å². The van der Waals surface area contributed by atoms with Gasteiger partial charge in [0.2, 0.25) is 0 Å². The second-order valence-electron chi connectivity index (χ2n) is 6.45. The summed E-state index contributed by atoms with van der Waals surface area (Å²) in [6.45, 7) is 11.3. The molecule has 0 fully saturated rings. The van der Waals surface area contributed by atoms with Crippen molar-refractivity contribution in [2.45, 2.75) is 79.4 Å². The van der Waals surface area contributed by atoms with Gasteiger partial charge >= 0.3 is 5.97 Å². The van der Waals surface area contributed by atoms with Crippen LogP contribution in [0.2, 0.25) is 0 Å². The minimum Gasteiger partial charge on any atom is -0.459 e. The molecule has 0 spiro atoms. The summed E-state index contributed by atoms with van der Waals surface area (Å²) in [6.07, 6.45) is 4.21. The third kappa shape index (κ3) is 5.41. The van der Waals surface area contributed by atoms with Crippen LogP contribution < -0.4 is 5.32 Å². The van der Waals surface area contributed by atoms with Crippen molar-refractivity contribution in [1.29, 1.82) is 0 Å². The molecular formula is C18H30N2O3. The quantitative estimate of drug-likeness (QED) is 0.563. The van der Waals surface area contributed by atoms with Gasteiger partial charge in [0.15, 0.2) is 0 Å². The number of H-pyrrole nitrogens is 1. The average Bonchev–Trinajstić information content (AvgIpc) is 2.73. The van der Waals surface area contributed by atoms with Gasteiger partial charge in [-0.15, -0.1) is 0 Å². The topological polar surface area (TPSA) is 71.2 Å². The number of aromatic amines is 1. The standard InChI is InChI=1S/C18H30N2O3/c1-7-8-9-10-12(4)19-17(21)16-13(5)15(14(6)20-16)18(22)23-11(2)3/h11-12,20H,7-10H2,1-6H3,(H,19,21). The summed E-state index contributed by atoms with van der Waals surface area (Å²) in [5.41, 5.74) is 2.21. The summed E-state index contributed by atoms with van der Waals surface area (Å²) in [5.74, 6) is -0.556. The molecule has 1 aromatic heterocycles. The van der Waals surface area contributed by atoms with Crippen LogP contribution in [-0.4, -0.2) is 29.0 Å². The Labute approximate surface area is 139 Å². The number of hydrogen-bond donors (Lipinski definition) is 2. The van der Waals surface area contributed by atoms with Crippen LogP contribution in [-0.2, 0) is 4.74 Å². The van der Waals surface area contributed by atoms with E-state index in [0.717, 1.165) is 19.3 Å². The molecule has 0 saturated carbocycles. The first-order valence-electron chi connectivity index (χ1n) is 8.48. The normalized spacial score (nSPS) is 12.3. The fraction of sp³-hybridized carbons (Fsp3) is 0.667. The Hall–Kier alpha value is -1.78. The van der Waals surface area contributed by atoms with E-state index in [1.54, 1.807) is 27.7 Å². The van der Waals surface area contributed by atoms with E-state index in [1.165, 1.54) is 6.42 Å². The lowest BCUT2D eigenvalue weighted by Gasteiger charge is -2.13. The summed E-state index contributed by atoms with van der Waals surface area (Å²) in [6, 6.07) is 0.114. The molecule has 1 atom stereocenters. The average molecular weight is 322 g/mol. The molecule has 1 unspecified atom stereocenters. The zero-order valence-corrected chi connectivity index (χ0v) is 15.2. The number of amides is 1. The first-order chi connectivity index (χ1) is 10.8. The molecule has 0 aliphatic carbocycles. The van der Waals surface area contributed by atoms with Crippen molar-refractivity contribution < 1.29 is 14.3 Å². The molecule has 0 radical (unpaired) electrons. The molecule has 2 N–H and O–H groups in total. The van der Waals surface area contributed by atoms with Crippen LogP contribution in [0.5, 0.6) is 0 Å². The van der Waals surface area contributed by atoms with Crippen LogP contribution in [0.4, 0.5) is 0 Å². The Kier molecular flexibility index (Phi) is 7.33. The Morgan fingerprint density at radius 1 is 1.17 bits per heavy atom. The largest absolute Gasteiger partial charge is 0.459 e. The maximum absolute atomic E-state index is 12.4. The van der Waals surface area contributed by atoms with E-state index in [0.29, 0.717) is 22.5 Å². The van der Waals surface area contributed by atoms with Gasteiger partial charge in [-0.25, -0.2) is 4.79 Å². The van der Waals surface area contributed by atoms with E-state index < -0.39 is 0 Å². The van der Waals surface area contributed by atoms with Crippen LogP contribution in [0.25, 0.3) is 0 Å². The third-order valence-corrected chi connectivity index (χ3v) is 3.83. The van der Waals surface area contributed by atoms with Crippen LogP contribution in [0.15, 0.2) is 0 Å². The molecule has 0 aromatic carbocycles. The van der Waals surface area contributed by atoms with E-state index >= 15 is 0 Å². The number of esters is 1. The van der Waals surface area contributed by atoms with Crippen molar-refractivity contribution in [2.75, 3.05) is 0 Å². The molecule has 130 valence electrons. The van der Waals surface area contributed by atoms with Gasteiger partial charge in [0.05, 0.1) is 11.7 Å². The van der Waals surface area contributed by atoms with E-state index in [9.17, 15) is 9.59 Å². The van der Waals surface area contributed by atoms with Gasteiger partial charge in [0.25, 0.3) is 5.91 Å². The summed E-state index contributed by atoms with van der Waals surface area (Å²) < 4.78 is 5.25. The molecule has 0 aliphatic rings. The van der Waals surface area contributed by atoms with E-state index in [1.807, 2.05) is 6.92 Å². The third-order valence-electron chi connectivity index (χ3n) is 3.83. The number of rotatable bonds is 8. The highest BCUT2D eigenvalue weighted by molar-refractivity contribution is 6.00. The van der Waals surface area contributed by atoms with Gasteiger partial charge in [-0.3, -0.25) is 4.79 Å². The molecule has 1 amide bonds. The Balaban J connectivity index is 2.81. The van der Waals surface area contributed by atoms with Crippen LogP contribution in [0, 0.1) is 13.8 Å². The predicted octanol–water partition coefficient (Wildman–Crippen LogP) is 3.90. The minimum absolute atomic E-state index is 0.114. The van der Waals surface area contributed by atoms with E-state index in [4.69, 9.17) is 4.74 Å². The first-order valence-corrected chi connectivity index (χ1v) is 8.48. The fourth-order valence-electron chi connectivity index (χ4n) is 2.62. The molecule has 5 nitrogen and oxygen atoms in total. The summed E-state index contributed by atoms with van der Waals surface area (Å²) in [7, 11) is 0. The molecular weight excluding hydrogens is 292 g/mol. The Bertz CT molecular complexity index is 547. The highest BCUT2D eigenvalue weighted by Crippen LogP contribution is 2.20. The van der Waals surface area contributed by atoms with Crippen molar-refractivity contribution in [2.24, 2.45) is 0 Å². The summed E-state index contributed by atoms with van der Waals surface area (Å²) >= 11 is 0. The lowest BCUT2D eigenvalue weighted by atomic mass is 10.1. The monoisotopic (exact) mass is 322 g/mol. The fourth-order valence-corrected chi connectivity index (χ4v) is 2.62. The molecule has 0 saturated heterocycles. The molecule has 5 heteroatoms. The van der Waals surface area contributed by atoms with Crippen molar-refractivity contribution in [3.63, 3.8) is 0 Å². The maximum atomic E-state index is 12.4. The van der Waals surface area contributed by atoms with Gasteiger partial charge in [0, 0.05) is 11.7 Å². The number of carbonyl (C=O) groups excluding carboxylic acids is 2. The zero-order chi connectivity index (χ0) is 17.6.